The minimum absolute atomic E-state index is 0.0753. The molecule has 0 atom stereocenters. The number of nitrogens with one attached hydrogen (secondary N) is 2. The molecule has 2 rings (SSSR count). The number of carbonyl (C=O) groups is 1. The van der Waals surface area contributed by atoms with Crippen molar-refractivity contribution in [3.63, 3.8) is 0 Å². The molecular formula is C12H16BrN3O3. The van der Waals surface area contributed by atoms with Crippen LogP contribution in [0.5, 0.6) is 0 Å². The highest BCUT2D eigenvalue weighted by atomic mass is 79.9. The van der Waals surface area contributed by atoms with E-state index in [0.29, 0.717) is 11.0 Å². The van der Waals surface area contributed by atoms with Crippen molar-refractivity contribution in [2.24, 2.45) is 12.5 Å². The van der Waals surface area contributed by atoms with Crippen LogP contribution < -0.4 is 16.2 Å². The van der Waals surface area contributed by atoms with Crippen LogP contribution in [0.2, 0.25) is 0 Å². The zero-order chi connectivity index (χ0) is 14.0. The van der Waals surface area contributed by atoms with Gasteiger partial charge in [0, 0.05) is 29.7 Å². The molecule has 0 spiro atoms. The summed E-state index contributed by atoms with van der Waals surface area (Å²) in [6, 6.07) is 1.12. The molecule has 1 aromatic heterocycles. The summed E-state index contributed by atoms with van der Waals surface area (Å²) in [5.74, 6) is 0. The molecule has 19 heavy (non-hydrogen) atoms. The molecule has 104 valence electrons. The number of halogens is 1. The Morgan fingerprint density at radius 2 is 2.26 bits per heavy atom. The average molecular weight is 330 g/mol. The molecule has 7 heteroatoms. The first-order valence-electron chi connectivity index (χ1n) is 5.98. The predicted molar refractivity (Wildman–Crippen MR) is 75.2 cm³/mol. The Kier molecular flexibility index (Phi) is 3.96. The van der Waals surface area contributed by atoms with E-state index in [1.807, 2.05) is 0 Å². The maximum Gasteiger partial charge on any atom is 0.319 e. The van der Waals surface area contributed by atoms with Gasteiger partial charge in [-0.05, 0) is 34.8 Å². The van der Waals surface area contributed by atoms with Crippen molar-refractivity contribution < 1.29 is 9.90 Å². The Labute approximate surface area is 118 Å². The van der Waals surface area contributed by atoms with Crippen LogP contribution >= 0.6 is 15.9 Å². The third-order valence-corrected chi connectivity index (χ3v) is 3.75. The van der Waals surface area contributed by atoms with Gasteiger partial charge in [0.25, 0.3) is 5.56 Å². The minimum atomic E-state index is -0.435. The molecule has 6 nitrogen and oxygen atoms in total. The zero-order valence-electron chi connectivity index (χ0n) is 10.6. The van der Waals surface area contributed by atoms with Crippen LogP contribution in [0.3, 0.4) is 0 Å². The average Bonchev–Trinajstić information content (AvgIpc) is 3.14. The number of hydrogen-bond donors (Lipinski definition) is 3. The van der Waals surface area contributed by atoms with Crippen LogP contribution in [0.1, 0.15) is 12.8 Å². The van der Waals surface area contributed by atoms with Crippen molar-refractivity contribution in [2.45, 2.75) is 12.8 Å². The summed E-state index contributed by atoms with van der Waals surface area (Å²) >= 11 is 3.26. The van der Waals surface area contributed by atoms with E-state index in [2.05, 4.69) is 26.6 Å². The molecule has 0 radical (unpaired) electrons. The van der Waals surface area contributed by atoms with Gasteiger partial charge in [-0.1, -0.05) is 0 Å². The Bertz CT molecular complexity index is 552. The van der Waals surface area contributed by atoms with Crippen molar-refractivity contribution in [2.75, 3.05) is 18.5 Å². The maximum atomic E-state index is 11.8. The van der Waals surface area contributed by atoms with Crippen LogP contribution in [0.15, 0.2) is 21.5 Å². The second kappa shape index (κ2) is 5.34. The lowest BCUT2D eigenvalue weighted by atomic mass is 10.1. The van der Waals surface area contributed by atoms with E-state index < -0.39 is 6.03 Å². The highest BCUT2D eigenvalue weighted by Crippen LogP contribution is 2.44. The van der Waals surface area contributed by atoms with Gasteiger partial charge in [0.05, 0.1) is 6.61 Å². The molecular weight excluding hydrogens is 314 g/mol. The van der Waals surface area contributed by atoms with Gasteiger partial charge in [0.2, 0.25) is 0 Å². The second-order valence-corrected chi connectivity index (χ2v) is 5.87. The SMILES string of the molecule is Cn1cc(Br)cc(NC(=O)NCC2(CO)CC2)c1=O. The summed E-state index contributed by atoms with van der Waals surface area (Å²) in [7, 11) is 1.61. The molecule has 1 aliphatic carbocycles. The lowest BCUT2D eigenvalue weighted by molar-refractivity contribution is 0.206. The van der Waals surface area contributed by atoms with Crippen molar-refractivity contribution in [1.82, 2.24) is 9.88 Å². The number of carbonyl (C=O) groups excluding carboxylic acids is 1. The van der Waals surface area contributed by atoms with Gasteiger partial charge < -0.3 is 20.3 Å². The van der Waals surface area contributed by atoms with Crippen LogP contribution in [0.4, 0.5) is 10.5 Å². The molecule has 0 saturated heterocycles. The number of rotatable bonds is 4. The largest absolute Gasteiger partial charge is 0.396 e. The van der Waals surface area contributed by atoms with Gasteiger partial charge in [-0.3, -0.25) is 4.79 Å². The number of pyridine rings is 1. The molecule has 2 amide bonds. The van der Waals surface area contributed by atoms with Crippen molar-refractivity contribution in [3.8, 4) is 0 Å². The van der Waals surface area contributed by atoms with E-state index >= 15 is 0 Å². The second-order valence-electron chi connectivity index (χ2n) is 4.95. The maximum absolute atomic E-state index is 11.8. The topological polar surface area (TPSA) is 83.4 Å². The zero-order valence-corrected chi connectivity index (χ0v) is 12.2. The number of anilines is 1. The van der Waals surface area contributed by atoms with Crippen LogP contribution in [-0.4, -0.2) is 28.9 Å². The standard InChI is InChI=1S/C12H16BrN3O3/c1-16-5-8(13)4-9(10(16)18)15-11(19)14-6-12(7-17)2-3-12/h4-5,17H,2-3,6-7H2,1H3,(H2,14,15,19). The third-order valence-electron chi connectivity index (χ3n) is 3.31. The van der Waals surface area contributed by atoms with Crippen LogP contribution in [0.25, 0.3) is 0 Å². The Morgan fingerprint density at radius 3 is 2.84 bits per heavy atom. The highest BCUT2D eigenvalue weighted by Gasteiger charge is 2.42. The Balaban J connectivity index is 1.97. The number of amides is 2. The monoisotopic (exact) mass is 329 g/mol. The smallest absolute Gasteiger partial charge is 0.319 e. The molecule has 0 unspecified atom stereocenters. The summed E-state index contributed by atoms with van der Waals surface area (Å²) in [5.41, 5.74) is -0.218. The molecule has 1 aromatic rings. The lowest BCUT2D eigenvalue weighted by Crippen LogP contribution is -2.36. The number of aliphatic hydroxyl groups excluding tert-OH is 1. The third kappa shape index (κ3) is 3.36. The molecule has 1 saturated carbocycles. The summed E-state index contributed by atoms with van der Waals surface area (Å²) in [4.78, 5) is 23.5. The quantitative estimate of drug-likeness (QED) is 0.771. The van der Waals surface area contributed by atoms with Gasteiger partial charge in [-0.15, -0.1) is 0 Å². The predicted octanol–water partition coefficient (Wildman–Crippen LogP) is 1.04. The number of aryl methyl sites for hydroxylation is 1. The van der Waals surface area contributed by atoms with Crippen molar-refractivity contribution in [3.05, 3.63) is 27.1 Å². The van der Waals surface area contributed by atoms with Crippen LogP contribution in [0, 0.1) is 5.41 Å². The summed E-state index contributed by atoms with van der Waals surface area (Å²) in [6.45, 7) is 0.496. The lowest BCUT2D eigenvalue weighted by Gasteiger charge is -2.13. The van der Waals surface area contributed by atoms with Gasteiger partial charge in [-0.2, -0.15) is 0 Å². The highest BCUT2D eigenvalue weighted by molar-refractivity contribution is 9.10. The summed E-state index contributed by atoms with van der Waals surface area (Å²) < 4.78 is 2.09. The van der Waals surface area contributed by atoms with E-state index in [0.717, 1.165) is 12.8 Å². The van der Waals surface area contributed by atoms with E-state index in [9.17, 15) is 9.59 Å². The fraction of sp³-hybridized carbons (Fsp3) is 0.500. The van der Waals surface area contributed by atoms with Gasteiger partial charge >= 0.3 is 6.03 Å². The number of aliphatic hydroxyl groups is 1. The molecule has 1 aliphatic rings. The number of hydrogen-bond acceptors (Lipinski definition) is 3. The number of urea groups is 1. The Hall–Kier alpha value is -1.34. The normalized spacial score (nSPS) is 15.9. The summed E-state index contributed by atoms with van der Waals surface area (Å²) in [6.07, 6.45) is 3.46. The van der Waals surface area contributed by atoms with Crippen molar-refractivity contribution >= 4 is 27.6 Å². The molecule has 1 heterocycles. The fourth-order valence-corrected chi connectivity index (χ4v) is 2.30. The van der Waals surface area contributed by atoms with Gasteiger partial charge in [0.1, 0.15) is 5.69 Å². The van der Waals surface area contributed by atoms with Crippen molar-refractivity contribution in [1.29, 1.82) is 0 Å². The molecule has 3 N–H and O–H groups in total. The van der Waals surface area contributed by atoms with Gasteiger partial charge in [-0.25, -0.2) is 4.79 Å². The molecule has 1 fully saturated rings. The van der Waals surface area contributed by atoms with Gasteiger partial charge in [0.15, 0.2) is 0 Å². The van der Waals surface area contributed by atoms with E-state index in [1.54, 1.807) is 19.3 Å². The first kappa shape index (κ1) is 14.1. The van der Waals surface area contributed by atoms with E-state index in [-0.39, 0.29) is 23.3 Å². The minimum Gasteiger partial charge on any atom is -0.396 e. The number of nitrogens with zero attached hydrogens (tertiary/aromatic N) is 1. The summed E-state index contributed by atoms with van der Waals surface area (Å²) in [5, 5.41) is 14.3. The molecule has 0 aromatic carbocycles. The van der Waals surface area contributed by atoms with E-state index in [1.165, 1.54) is 4.57 Å². The first-order chi connectivity index (χ1) is 8.96. The fourth-order valence-electron chi connectivity index (χ4n) is 1.76. The molecule has 0 aliphatic heterocycles. The molecule has 0 bridgehead atoms. The Morgan fingerprint density at radius 1 is 1.58 bits per heavy atom. The number of aromatic nitrogens is 1. The first-order valence-corrected chi connectivity index (χ1v) is 6.77. The van der Waals surface area contributed by atoms with Crippen LogP contribution in [-0.2, 0) is 7.05 Å². The van der Waals surface area contributed by atoms with E-state index in [4.69, 9.17) is 5.11 Å².